The zero-order chi connectivity index (χ0) is 19.1. The Morgan fingerprint density at radius 1 is 1.22 bits per heavy atom. The Hall–Kier alpha value is -1.98. The van der Waals surface area contributed by atoms with Gasteiger partial charge in [0.25, 0.3) is 0 Å². The minimum Gasteiger partial charge on any atom is -0.339 e. The van der Waals surface area contributed by atoms with Gasteiger partial charge in [0.15, 0.2) is 0 Å². The third kappa shape index (κ3) is 5.75. The fraction of sp³-hybridized carbons (Fsp3) is 0.364. The highest BCUT2D eigenvalue weighted by Crippen LogP contribution is 2.19. The first kappa shape index (κ1) is 19.8. The number of amides is 1. The largest absolute Gasteiger partial charge is 0.339 e. The van der Waals surface area contributed by atoms with E-state index in [2.05, 4.69) is 31.9 Å². The van der Waals surface area contributed by atoms with Crippen molar-refractivity contribution in [2.75, 3.05) is 26.7 Å². The summed E-state index contributed by atoms with van der Waals surface area (Å²) in [7, 11) is 1.92. The maximum atomic E-state index is 12.5. The number of halogens is 1. The van der Waals surface area contributed by atoms with Crippen LogP contribution in [0.3, 0.4) is 0 Å². The van der Waals surface area contributed by atoms with E-state index in [-0.39, 0.29) is 5.91 Å². The highest BCUT2D eigenvalue weighted by atomic mass is 79.9. The average Bonchev–Trinajstić information content (AvgIpc) is 2.72. The zero-order valence-electron chi connectivity index (χ0n) is 15.7. The molecule has 1 aliphatic rings. The molecule has 5 heteroatoms. The third-order valence-corrected chi connectivity index (χ3v) is 5.90. The van der Waals surface area contributed by atoms with Crippen LogP contribution in [0.25, 0.3) is 6.08 Å². The number of pyridine rings is 1. The molecule has 1 amide bonds. The Bertz CT molecular complexity index is 770. The fourth-order valence-corrected chi connectivity index (χ4v) is 3.83. The van der Waals surface area contributed by atoms with E-state index >= 15 is 0 Å². The molecule has 0 bridgehead atoms. The van der Waals surface area contributed by atoms with Crippen LogP contribution in [0.4, 0.5) is 0 Å². The molecule has 0 N–H and O–H groups in total. The number of hydrogen-bond acceptors (Lipinski definition) is 3. The van der Waals surface area contributed by atoms with Crippen LogP contribution >= 0.6 is 15.9 Å². The van der Waals surface area contributed by atoms with Gasteiger partial charge in [-0.25, -0.2) is 0 Å². The minimum atomic E-state index is 0.0673. The summed E-state index contributed by atoms with van der Waals surface area (Å²) in [6.07, 6.45) is 8.43. The molecule has 2 heterocycles. The van der Waals surface area contributed by atoms with E-state index in [1.165, 1.54) is 0 Å². The molecule has 1 aromatic heterocycles. The highest BCUT2D eigenvalue weighted by Gasteiger charge is 2.24. The number of carbonyl (C=O) groups is 1. The Morgan fingerprint density at radius 2 is 1.96 bits per heavy atom. The number of benzene rings is 1. The first-order chi connectivity index (χ1) is 13.1. The van der Waals surface area contributed by atoms with E-state index in [1.54, 1.807) is 6.08 Å². The number of piperidine rings is 1. The number of hydrogen-bond donors (Lipinski definition) is 0. The SMILES string of the molecule is CN(C(=O)/C=C/c1ccccc1Br)C1CCN(CCc2ccccn2)CC1. The maximum Gasteiger partial charge on any atom is 0.246 e. The molecular weight excluding hydrogens is 402 g/mol. The summed E-state index contributed by atoms with van der Waals surface area (Å²) in [6.45, 7) is 3.09. The summed E-state index contributed by atoms with van der Waals surface area (Å²) >= 11 is 3.51. The van der Waals surface area contributed by atoms with E-state index in [0.29, 0.717) is 6.04 Å². The Morgan fingerprint density at radius 3 is 2.67 bits per heavy atom. The number of aromatic nitrogens is 1. The van der Waals surface area contributed by atoms with Gasteiger partial charge in [0, 0.05) is 61.6 Å². The number of nitrogens with zero attached hydrogens (tertiary/aromatic N) is 3. The van der Waals surface area contributed by atoms with E-state index in [1.807, 2.05) is 60.6 Å². The smallest absolute Gasteiger partial charge is 0.246 e. The molecule has 0 aliphatic carbocycles. The molecule has 1 aliphatic heterocycles. The number of likely N-dealkylation sites (tertiary alicyclic amines) is 1. The lowest BCUT2D eigenvalue weighted by atomic mass is 10.0. The predicted molar refractivity (Wildman–Crippen MR) is 113 cm³/mol. The molecule has 0 spiro atoms. The quantitative estimate of drug-likeness (QED) is 0.653. The van der Waals surface area contributed by atoms with Crippen molar-refractivity contribution < 1.29 is 4.79 Å². The van der Waals surface area contributed by atoms with Gasteiger partial charge in [-0.15, -0.1) is 0 Å². The van der Waals surface area contributed by atoms with Crippen LogP contribution in [-0.4, -0.2) is 53.4 Å². The summed E-state index contributed by atoms with van der Waals surface area (Å²) in [5, 5.41) is 0. The van der Waals surface area contributed by atoms with Crippen LogP contribution in [0.1, 0.15) is 24.1 Å². The summed E-state index contributed by atoms with van der Waals surface area (Å²) in [6, 6.07) is 14.3. The van der Waals surface area contributed by atoms with Crippen LogP contribution in [-0.2, 0) is 11.2 Å². The van der Waals surface area contributed by atoms with Gasteiger partial charge < -0.3 is 9.80 Å². The van der Waals surface area contributed by atoms with Crippen molar-refractivity contribution >= 4 is 27.9 Å². The molecule has 0 unspecified atom stereocenters. The minimum absolute atomic E-state index is 0.0673. The van der Waals surface area contributed by atoms with Crippen molar-refractivity contribution in [3.8, 4) is 0 Å². The summed E-state index contributed by atoms with van der Waals surface area (Å²) in [4.78, 5) is 21.3. The first-order valence-electron chi connectivity index (χ1n) is 9.45. The van der Waals surface area contributed by atoms with Crippen LogP contribution in [0.2, 0.25) is 0 Å². The number of likely N-dealkylation sites (N-methyl/N-ethyl adjacent to an activating group) is 1. The molecule has 4 nitrogen and oxygen atoms in total. The van der Waals surface area contributed by atoms with Gasteiger partial charge in [0.2, 0.25) is 5.91 Å². The Labute approximate surface area is 170 Å². The van der Waals surface area contributed by atoms with Gasteiger partial charge in [-0.1, -0.05) is 40.2 Å². The second-order valence-electron chi connectivity index (χ2n) is 6.95. The second kappa shape index (κ2) is 9.81. The topological polar surface area (TPSA) is 36.4 Å². The van der Waals surface area contributed by atoms with Crippen molar-refractivity contribution in [2.24, 2.45) is 0 Å². The fourth-order valence-electron chi connectivity index (χ4n) is 3.42. The molecule has 0 radical (unpaired) electrons. The monoisotopic (exact) mass is 427 g/mol. The molecule has 0 saturated carbocycles. The van der Waals surface area contributed by atoms with Crippen LogP contribution < -0.4 is 0 Å². The van der Waals surface area contributed by atoms with Crippen molar-refractivity contribution in [1.82, 2.24) is 14.8 Å². The molecule has 142 valence electrons. The molecule has 2 aromatic rings. The molecule has 1 saturated heterocycles. The molecule has 1 aromatic carbocycles. The third-order valence-electron chi connectivity index (χ3n) is 5.17. The van der Waals surface area contributed by atoms with Gasteiger partial charge in [-0.3, -0.25) is 9.78 Å². The Balaban J connectivity index is 1.45. The van der Waals surface area contributed by atoms with Gasteiger partial charge in [-0.2, -0.15) is 0 Å². The van der Waals surface area contributed by atoms with E-state index in [0.717, 1.165) is 54.6 Å². The molecule has 1 fully saturated rings. The second-order valence-corrected chi connectivity index (χ2v) is 7.80. The first-order valence-corrected chi connectivity index (χ1v) is 10.2. The highest BCUT2D eigenvalue weighted by molar-refractivity contribution is 9.10. The van der Waals surface area contributed by atoms with Crippen molar-refractivity contribution in [3.63, 3.8) is 0 Å². The van der Waals surface area contributed by atoms with Gasteiger partial charge in [0.05, 0.1) is 0 Å². The van der Waals surface area contributed by atoms with Gasteiger partial charge in [0.1, 0.15) is 0 Å². The maximum absolute atomic E-state index is 12.5. The molecule has 0 atom stereocenters. The number of carbonyl (C=O) groups excluding carboxylic acids is 1. The average molecular weight is 428 g/mol. The van der Waals surface area contributed by atoms with Crippen molar-refractivity contribution in [3.05, 3.63) is 70.5 Å². The van der Waals surface area contributed by atoms with E-state index in [9.17, 15) is 4.79 Å². The van der Waals surface area contributed by atoms with E-state index in [4.69, 9.17) is 0 Å². The number of rotatable bonds is 6. The van der Waals surface area contributed by atoms with E-state index < -0.39 is 0 Å². The standard InChI is InChI=1S/C22H26BrN3O/c1-25(22(27)10-9-18-6-2-3-8-21(18)23)20-12-16-26(17-13-20)15-11-19-7-4-5-14-24-19/h2-10,14,20H,11-13,15-17H2,1H3/b10-9+. The lowest BCUT2D eigenvalue weighted by Gasteiger charge is -2.36. The summed E-state index contributed by atoms with van der Waals surface area (Å²) in [5.74, 6) is 0.0673. The molecule has 27 heavy (non-hydrogen) atoms. The van der Waals surface area contributed by atoms with Crippen LogP contribution in [0, 0.1) is 0 Å². The lowest BCUT2D eigenvalue weighted by Crippen LogP contribution is -2.45. The normalized spacial score (nSPS) is 15.9. The summed E-state index contributed by atoms with van der Waals surface area (Å²) < 4.78 is 0.998. The van der Waals surface area contributed by atoms with Gasteiger partial charge in [-0.05, 0) is 42.7 Å². The molecular formula is C22H26BrN3O. The summed E-state index contributed by atoms with van der Waals surface area (Å²) in [5.41, 5.74) is 2.16. The lowest BCUT2D eigenvalue weighted by molar-refractivity contribution is -0.127. The zero-order valence-corrected chi connectivity index (χ0v) is 17.3. The van der Waals surface area contributed by atoms with Crippen LogP contribution in [0.5, 0.6) is 0 Å². The van der Waals surface area contributed by atoms with Crippen LogP contribution in [0.15, 0.2) is 59.2 Å². The van der Waals surface area contributed by atoms with Crippen molar-refractivity contribution in [1.29, 1.82) is 0 Å². The molecule has 3 rings (SSSR count). The predicted octanol–water partition coefficient (Wildman–Crippen LogP) is 4.02. The van der Waals surface area contributed by atoms with Gasteiger partial charge >= 0.3 is 0 Å². The Kier molecular flexibility index (Phi) is 7.18. The van der Waals surface area contributed by atoms with Crippen molar-refractivity contribution in [2.45, 2.75) is 25.3 Å².